The number of ether oxygens (including phenoxy) is 1. The maximum atomic E-state index is 11.6. The predicted octanol–water partition coefficient (Wildman–Crippen LogP) is -1.48. The van der Waals surface area contributed by atoms with Crippen molar-refractivity contribution in [2.75, 3.05) is 53.5 Å². The molecule has 6 heteroatoms. The van der Waals surface area contributed by atoms with Gasteiger partial charge in [-0.15, -0.1) is 0 Å². The average Bonchev–Trinajstić information content (AvgIpc) is 2.29. The molecule has 1 heterocycles. The molecule has 6 nitrogen and oxygen atoms in total. The molecule has 0 aromatic heterocycles. The third kappa shape index (κ3) is 4.16. The number of amides is 2. The van der Waals surface area contributed by atoms with Crippen molar-refractivity contribution >= 4 is 11.8 Å². The van der Waals surface area contributed by atoms with Crippen LogP contribution in [0.1, 0.15) is 0 Å². The highest BCUT2D eigenvalue weighted by molar-refractivity contribution is 5.81. The first kappa shape index (κ1) is 12.9. The standard InChI is InChI=1S/C10H19N3O3/c1-12(2)9(14)7-11-8-10(15)13-3-5-16-6-4-13/h11H,3-8H2,1-2H3. The van der Waals surface area contributed by atoms with Gasteiger partial charge >= 0.3 is 0 Å². The third-order valence-corrected chi connectivity index (χ3v) is 2.42. The number of rotatable bonds is 4. The minimum atomic E-state index is -0.0326. The molecule has 2 amide bonds. The van der Waals surface area contributed by atoms with Crippen LogP contribution in [-0.2, 0) is 14.3 Å². The Morgan fingerprint density at radius 1 is 1.25 bits per heavy atom. The second-order valence-corrected chi connectivity index (χ2v) is 3.88. The minimum absolute atomic E-state index is 0.0230. The van der Waals surface area contributed by atoms with Crippen LogP contribution in [0.3, 0.4) is 0 Å². The molecule has 1 saturated heterocycles. The van der Waals surface area contributed by atoms with Crippen molar-refractivity contribution < 1.29 is 14.3 Å². The van der Waals surface area contributed by atoms with E-state index in [4.69, 9.17) is 4.74 Å². The van der Waals surface area contributed by atoms with Crippen molar-refractivity contribution in [3.05, 3.63) is 0 Å². The monoisotopic (exact) mass is 229 g/mol. The lowest BCUT2D eigenvalue weighted by molar-refractivity contribution is -0.134. The second kappa shape index (κ2) is 6.44. The summed E-state index contributed by atoms with van der Waals surface area (Å²) in [6.07, 6.45) is 0. The Kier molecular flexibility index (Phi) is 5.21. The summed E-state index contributed by atoms with van der Waals surface area (Å²) in [6, 6.07) is 0. The predicted molar refractivity (Wildman–Crippen MR) is 59.0 cm³/mol. The van der Waals surface area contributed by atoms with E-state index >= 15 is 0 Å². The fraction of sp³-hybridized carbons (Fsp3) is 0.800. The first-order chi connectivity index (χ1) is 7.61. The molecule has 0 atom stereocenters. The normalized spacial score (nSPS) is 16.0. The van der Waals surface area contributed by atoms with Crippen molar-refractivity contribution in [3.8, 4) is 0 Å². The molecule has 1 fully saturated rings. The highest BCUT2D eigenvalue weighted by Crippen LogP contribution is 1.96. The first-order valence-electron chi connectivity index (χ1n) is 5.37. The summed E-state index contributed by atoms with van der Waals surface area (Å²) in [7, 11) is 3.38. The summed E-state index contributed by atoms with van der Waals surface area (Å²) in [5.74, 6) is -0.00960. The van der Waals surface area contributed by atoms with Crippen LogP contribution < -0.4 is 5.32 Å². The molecule has 1 aliphatic heterocycles. The van der Waals surface area contributed by atoms with Crippen LogP contribution >= 0.6 is 0 Å². The first-order valence-corrected chi connectivity index (χ1v) is 5.37. The maximum absolute atomic E-state index is 11.6. The van der Waals surface area contributed by atoms with E-state index in [1.807, 2.05) is 0 Å². The molecule has 0 saturated carbocycles. The van der Waals surface area contributed by atoms with Gasteiger partial charge in [-0.2, -0.15) is 0 Å². The van der Waals surface area contributed by atoms with E-state index in [1.165, 1.54) is 4.90 Å². The van der Waals surface area contributed by atoms with Crippen LogP contribution in [0.15, 0.2) is 0 Å². The van der Waals surface area contributed by atoms with Gasteiger partial charge in [0.2, 0.25) is 11.8 Å². The number of carbonyl (C=O) groups is 2. The zero-order chi connectivity index (χ0) is 12.0. The second-order valence-electron chi connectivity index (χ2n) is 3.88. The van der Waals surface area contributed by atoms with Crippen LogP contribution in [0.25, 0.3) is 0 Å². The van der Waals surface area contributed by atoms with Crippen LogP contribution in [0.2, 0.25) is 0 Å². The summed E-state index contributed by atoms with van der Waals surface area (Å²) in [5.41, 5.74) is 0. The molecule has 1 N–H and O–H groups in total. The summed E-state index contributed by atoms with van der Waals surface area (Å²) in [4.78, 5) is 26.1. The summed E-state index contributed by atoms with van der Waals surface area (Å²) in [5, 5.41) is 2.84. The Balaban J connectivity index is 2.17. The molecule has 0 spiro atoms. The lowest BCUT2D eigenvalue weighted by Crippen LogP contribution is -2.46. The minimum Gasteiger partial charge on any atom is -0.378 e. The van der Waals surface area contributed by atoms with Gasteiger partial charge in [0.25, 0.3) is 0 Å². The van der Waals surface area contributed by atoms with Gasteiger partial charge in [-0.05, 0) is 0 Å². The third-order valence-electron chi connectivity index (χ3n) is 2.42. The van der Waals surface area contributed by atoms with E-state index < -0.39 is 0 Å². The quantitative estimate of drug-likeness (QED) is 0.639. The highest BCUT2D eigenvalue weighted by Gasteiger charge is 2.16. The SMILES string of the molecule is CN(C)C(=O)CNCC(=O)N1CCOCC1. The van der Waals surface area contributed by atoms with E-state index in [1.54, 1.807) is 19.0 Å². The van der Waals surface area contributed by atoms with E-state index in [0.29, 0.717) is 26.3 Å². The van der Waals surface area contributed by atoms with Gasteiger partial charge in [-0.1, -0.05) is 0 Å². The lowest BCUT2D eigenvalue weighted by Gasteiger charge is -2.26. The van der Waals surface area contributed by atoms with E-state index in [2.05, 4.69) is 5.32 Å². The number of morpholine rings is 1. The summed E-state index contributed by atoms with van der Waals surface area (Å²) >= 11 is 0. The van der Waals surface area contributed by atoms with Gasteiger partial charge in [-0.25, -0.2) is 0 Å². The van der Waals surface area contributed by atoms with Crippen molar-refractivity contribution in [1.82, 2.24) is 15.1 Å². The van der Waals surface area contributed by atoms with Crippen molar-refractivity contribution in [3.63, 3.8) is 0 Å². The highest BCUT2D eigenvalue weighted by atomic mass is 16.5. The summed E-state index contributed by atoms with van der Waals surface area (Å²) < 4.78 is 5.15. The number of nitrogens with one attached hydrogen (secondary N) is 1. The van der Waals surface area contributed by atoms with Crippen LogP contribution in [0.5, 0.6) is 0 Å². The Morgan fingerprint density at radius 2 is 1.88 bits per heavy atom. The Hall–Kier alpha value is -1.14. The molecular weight excluding hydrogens is 210 g/mol. The summed E-state index contributed by atoms with van der Waals surface area (Å²) in [6.45, 7) is 2.89. The topological polar surface area (TPSA) is 61.9 Å². The zero-order valence-electron chi connectivity index (χ0n) is 9.86. The number of hydrogen-bond donors (Lipinski definition) is 1. The molecule has 0 aromatic rings. The molecule has 1 aliphatic rings. The van der Waals surface area contributed by atoms with Gasteiger partial charge < -0.3 is 14.5 Å². The van der Waals surface area contributed by atoms with Gasteiger partial charge in [0.1, 0.15) is 0 Å². The molecule has 92 valence electrons. The molecule has 0 unspecified atom stereocenters. The van der Waals surface area contributed by atoms with E-state index in [-0.39, 0.29) is 24.9 Å². The smallest absolute Gasteiger partial charge is 0.236 e. The number of hydrogen-bond acceptors (Lipinski definition) is 4. The molecule has 0 aromatic carbocycles. The van der Waals surface area contributed by atoms with Crippen molar-refractivity contribution in [1.29, 1.82) is 0 Å². The Morgan fingerprint density at radius 3 is 2.44 bits per heavy atom. The van der Waals surface area contributed by atoms with Crippen LogP contribution in [0, 0.1) is 0 Å². The van der Waals surface area contributed by atoms with Crippen LogP contribution in [-0.4, -0.2) is 75.1 Å². The fourth-order valence-corrected chi connectivity index (χ4v) is 1.36. The lowest BCUT2D eigenvalue weighted by atomic mass is 10.4. The number of carbonyl (C=O) groups excluding carboxylic acids is 2. The Labute approximate surface area is 95.5 Å². The molecular formula is C10H19N3O3. The van der Waals surface area contributed by atoms with Gasteiger partial charge in [0.05, 0.1) is 26.3 Å². The van der Waals surface area contributed by atoms with Crippen LogP contribution in [0.4, 0.5) is 0 Å². The number of nitrogens with zero attached hydrogens (tertiary/aromatic N) is 2. The van der Waals surface area contributed by atoms with E-state index in [9.17, 15) is 9.59 Å². The van der Waals surface area contributed by atoms with Gasteiger partial charge in [-0.3, -0.25) is 14.9 Å². The Bertz CT molecular complexity index is 250. The number of likely N-dealkylation sites (N-methyl/N-ethyl adjacent to an activating group) is 1. The van der Waals surface area contributed by atoms with Gasteiger partial charge in [0, 0.05) is 27.2 Å². The van der Waals surface area contributed by atoms with Gasteiger partial charge in [0.15, 0.2) is 0 Å². The molecule has 0 bridgehead atoms. The average molecular weight is 229 g/mol. The maximum Gasteiger partial charge on any atom is 0.236 e. The van der Waals surface area contributed by atoms with Crippen molar-refractivity contribution in [2.45, 2.75) is 0 Å². The van der Waals surface area contributed by atoms with Crippen molar-refractivity contribution in [2.24, 2.45) is 0 Å². The van der Waals surface area contributed by atoms with E-state index in [0.717, 1.165) is 0 Å². The fourth-order valence-electron chi connectivity index (χ4n) is 1.36. The molecule has 0 aliphatic carbocycles. The molecule has 0 radical (unpaired) electrons. The largest absolute Gasteiger partial charge is 0.378 e. The molecule has 16 heavy (non-hydrogen) atoms. The molecule has 1 rings (SSSR count). The zero-order valence-corrected chi connectivity index (χ0v) is 9.86.